The Labute approximate surface area is 158 Å². The lowest BCUT2D eigenvalue weighted by molar-refractivity contribution is -0.119. The second-order valence-corrected chi connectivity index (χ2v) is 7.79. The fraction of sp³-hybridized carbons (Fsp3) is 0.500. The van der Waals surface area contributed by atoms with Crippen LogP contribution in [0.5, 0.6) is 5.75 Å². The molecule has 5 nitrogen and oxygen atoms in total. The van der Waals surface area contributed by atoms with Gasteiger partial charge in [0.2, 0.25) is 11.8 Å². The lowest BCUT2D eigenvalue weighted by atomic mass is 9.86. The first-order chi connectivity index (χ1) is 12.7. The third-order valence-corrected chi connectivity index (χ3v) is 5.80. The summed E-state index contributed by atoms with van der Waals surface area (Å²) in [5.74, 6) is 3.20. The highest BCUT2D eigenvalue weighted by molar-refractivity contribution is 7.99. The second kappa shape index (κ2) is 9.12. The molecule has 1 heterocycles. The number of thioether (sulfide) groups is 1. The molecule has 0 saturated heterocycles. The van der Waals surface area contributed by atoms with E-state index in [1.54, 1.807) is 25.1 Å². The highest BCUT2D eigenvalue weighted by atomic mass is 32.2. The number of nitrogens with one attached hydrogen (secondary N) is 1. The summed E-state index contributed by atoms with van der Waals surface area (Å²) in [6.07, 6.45) is 6.48. The first-order valence-electron chi connectivity index (χ1n) is 9.11. The van der Waals surface area contributed by atoms with Gasteiger partial charge < -0.3 is 14.5 Å². The third-order valence-electron chi connectivity index (χ3n) is 4.83. The van der Waals surface area contributed by atoms with Crippen molar-refractivity contribution in [2.75, 3.05) is 12.9 Å². The Bertz CT molecular complexity index is 714. The van der Waals surface area contributed by atoms with E-state index in [0.717, 1.165) is 23.4 Å². The summed E-state index contributed by atoms with van der Waals surface area (Å²) in [5, 5.41) is 3.18. The summed E-state index contributed by atoms with van der Waals surface area (Å²) >= 11 is 1.56. The lowest BCUT2D eigenvalue weighted by Crippen LogP contribution is -2.41. The quantitative estimate of drug-likeness (QED) is 0.784. The molecule has 1 aliphatic rings. The maximum absolute atomic E-state index is 12.1. The molecule has 1 aliphatic carbocycles. The number of hydrogen-bond acceptors (Lipinski definition) is 5. The van der Waals surface area contributed by atoms with Crippen LogP contribution in [0.4, 0.5) is 0 Å². The molecule has 0 radical (unpaired) electrons. The summed E-state index contributed by atoms with van der Waals surface area (Å²) in [5.41, 5.74) is 1.76. The fourth-order valence-corrected chi connectivity index (χ4v) is 3.98. The average molecular weight is 375 g/mol. The van der Waals surface area contributed by atoms with Crippen LogP contribution in [0.15, 0.2) is 34.9 Å². The molecule has 0 unspecified atom stereocenters. The predicted molar refractivity (Wildman–Crippen MR) is 104 cm³/mol. The van der Waals surface area contributed by atoms with Crippen molar-refractivity contribution in [3.8, 4) is 17.2 Å². The molecule has 0 spiro atoms. The van der Waals surface area contributed by atoms with Gasteiger partial charge in [-0.3, -0.25) is 4.79 Å². The summed E-state index contributed by atoms with van der Waals surface area (Å²) < 4.78 is 10.7. The lowest BCUT2D eigenvalue weighted by Gasteiger charge is -2.29. The van der Waals surface area contributed by atoms with Crippen LogP contribution < -0.4 is 10.1 Å². The van der Waals surface area contributed by atoms with E-state index in [0.29, 0.717) is 29.4 Å². The number of carbonyl (C=O) groups is 1. The minimum atomic E-state index is 0.118. The summed E-state index contributed by atoms with van der Waals surface area (Å²) in [7, 11) is 1.64. The van der Waals surface area contributed by atoms with E-state index in [1.807, 2.05) is 24.3 Å². The number of oxazole rings is 1. The number of benzene rings is 1. The van der Waals surface area contributed by atoms with Gasteiger partial charge in [0.1, 0.15) is 12.0 Å². The molecule has 6 heteroatoms. The van der Waals surface area contributed by atoms with E-state index >= 15 is 0 Å². The van der Waals surface area contributed by atoms with E-state index in [-0.39, 0.29) is 5.91 Å². The van der Waals surface area contributed by atoms with Crippen LogP contribution in [-0.4, -0.2) is 29.8 Å². The number of rotatable bonds is 7. The van der Waals surface area contributed by atoms with Crippen molar-refractivity contribution >= 4 is 17.7 Å². The Morgan fingerprint density at radius 1 is 1.31 bits per heavy atom. The largest absolute Gasteiger partial charge is 0.497 e. The Kier molecular flexibility index (Phi) is 6.61. The zero-order chi connectivity index (χ0) is 18.4. The Hall–Kier alpha value is -1.95. The number of amides is 1. The molecular formula is C20H26N2O3S. The number of hydrogen-bond donors (Lipinski definition) is 1. The van der Waals surface area contributed by atoms with Gasteiger partial charge in [-0.05, 0) is 43.0 Å². The molecule has 1 saturated carbocycles. The smallest absolute Gasteiger partial charge is 0.230 e. The molecule has 2 atom stereocenters. The molecule has 2 aromatic rings. The average Bonchev–Trinajstić information content (AvgIpc) is 3.12. The summed E-state index contributed by atoms with van der Waals surface area (Å²) in [6.45, 7) is 2.23. The molecule has 26 heavy (non-hydrogen) atoms. The molecule has 140 valence electrons. The van der Waals surface area contributed by atoms with Crippen LogP contribution in [0.2, 0.25) is 0 Å². The molecule has 0 aliphatic heterocycles. The number of aromatic nitrogens is 1. The van der Waals surface area contributed by atoms with Gasteiger partial charge in [0, 0.05) is 17.4 Å². The zero-order valence-electron chi connectivity index (χ0n) is 15.4. The van der Waals surface area contributed by atoms with Gasteiger partial charge in [0.25, 0.3) is 0 Å². The SMILES string of the molecule is COc1ccc(-c2nc(CSCC(=O)N[C@H]3CCCC[C@H]3C)co2)cc1. The van der Waals surface area contributed by atoms with Crippen molar-refractivity contribution in [3.63, 3.8) is 0 Å². The maximum atomic E-state index is 12.1. The number of ether oxygens (including phenoxy) is 1. The van der Waals surface area contributed by atoms with Crippen LogP contribution >= 0.6 is 11.8 Å². The van der Waals surface area contributed by atoms with Crippen LogP contribution in [-0.2, 0) is 10.5 Å². The van der Waals surface area contributed by atoms with Gasteiger partial charge in [-0.25, -0.2) is 4.98 Å². The molecule has 1 aromatic carbocycles. The van der Waals surface area contributed by atoms with Crippen molar-refractivity contribution in [2.24, 2.45) is 5.92 Å². The van der Waals surface area contributed by atoms with Gasteiger partial charge in [-0.15, -0.1) is 11.8 Å². The van der Waals surface area contributed by atoms with Crippen LogP contribution in [0.25, 0.3) is 11.5 Å². The van der Waals surface area contributed by atoms with Crippen molar-refractivity contribution in [3.05, 3.63) is 36.2 Å². The molecule has 0 bridgehead atoms. The molecule has 1 fully saturated rings. The van der Waals surface area contributed by atoms with E-state index in [9.17, 15) is 4.79 Å². The van der Waals surface area contributed by atoms with Crippen LogP contribution in [0.1, 0.15) is 38.3 Å². The molecule has 1 aromatic heterocycles. The first kappa shape index (κ1) is 18.8. The highest BCUT2D eigenvalue weighted by Crippen LogP contribution is 2.25. The molecule has 1 N–H and O–H groups in total. The van der Waals surface area contributed by atoms with E-state index in [4.69, 9.17) is 9.15 Å². The molecular weight excluding hydrogens is 348 g/mol. The van der Waals surface area contributed by atoms with Crippen LogP contribution in [0.3, 0.4) is 0 Å². The number of methoxy groups -OCH3 is 1. The minimum absolute atomic E-state index is 0.118. The minimum Gasteiger partial charge on any atom is -0.497 e. The third kappa shape index (κ3) is 5.04. The van der Waals surface area contributed by atoms with Gasteiger partial charge >= 0.3 is 0 Å². The maximum Gasteiger partial charge on any atom is 0.230 e. The normalized spacial score (nSPS) is 19.9. The topological polar surface area (TPSA) is 64.4 Å². The summed E-state index contributed by atoms with van der Waals surface area (Å²) in [6, 6.07) is 7.93. The Balaban J connectivity index is 1.45. The highest BCUT2D eigenvalue weighted by Gasteiger charge is 2.22. The van der Waals surface area contributed by atoms with Gasteiger partial charge in [0.05, 0.1) is 18.6 Å². The molecule has 3 rings (SSSR count). The Morgan fingerprint density at radius 2 is 2.08 bits per heavy atom. The van der Waals surface area contributed by atoms with Crippen molar-refractivity contribution in [1.82, 2.24) is 10.3 Å². The van der Waals surface area contributed by atoms with Crippen LogP contribution in [0, 0.1) is 5.92 Å². The van der Waals surface area contributed by atoms with Crippen molar-refractivity contribution in [2.45, 2.75) is 44.4 Å². The monoisotopic (exact) mass is 374 g/mol. The number of carbonyl (C=O) groups excluding carboxylic acids is 1. The Morgan fingerprint density at radius 3 is 2.81 bits per heavy atom. The first-order valence-corrected chi connectivity index (χ1v) is 10.3. The predicted octanol–water partition coefficient (Wildman–Crippen LogP) is 4.28. The second-order valence-electron chi connectivity index (χ2n) is 6.80. The molecule has 1 amide bonds. The fourth-order valence-electron chi connectivity index (χ4n) is 3.27. The number of nitrogens with zero attached hydrogens (tertiary/aromatic N) is 1. The van der Waals surface area contributed by atoms with Crippen molar-refractivity contribution in [1.29, 1.82) is 0 Å². The van der Waals surface area contributed by atoms with Gasteiger partial charge in [-0.2, -0.15) is 0 Å². The van der Waals surface area contributed by atoms with E-state index in [2.05, 4.69) is 17.2 Å². The standard InChI is InChI=1S/C20H26N2O3S/c1-14-5-3-4-6-18(14)22-19(23)13-26-12-16-11-25-20(21-16)15-7-9-17(24-2)10-8-15/h7-11,14,18H,3-6,12-13H2,1-2H3,(H,22,23)/t14-,18+/m1/s1. The summed E-state index contributed by atoms with van der Waals surface area (Å²) in [4.78, 5) is 16.6. The van der Waals surface area contributed by atoms with E-state index < -0.39 is 0 Å². The zero-order valence-corrected chi connectivity index (χ0v) is 16.2. The van der Waals surface area contributed by atoms with Crippen molar-refractivity contribution < 1.29 is 13.9 Å². The van der Waals surface area contributed by atoms with E-state index in [1.165, 1.54) is 19.3 Å². The van der Waals surface area contributed by atoms with Gasteiger partial charge in [-0.1, -0.05) is 19.8 Å². The van der Waals surface area contributed by atoms with Gasteiger partial charge in [0.15, 0.2) is 0 Å².